The van der Waals surface area contributed by atoms with Crippen LogP contribution >= 0.6 is 0 Å². The second kappa shape index (κ2) is 7.06. The van der Waals surface area contributed by atoms with Gasteiger partial charge in [-0.05, 0) is 38.6 Å². The Kier molecular flexibility index (Phi) is 5.98. The first-order chi connectivity index (χ1) is 9.20. The van der Waals surface area contributed by atoms with E-state index in [0.29, 0.717) is 11.6 Å². The lowest BCUT2D eigenvalue weighted by molar-refractivity contribution is 0.356. The molecule has 1 atom stereocenters. The maximum atomic E-state index is 11.6. The molecule has 6 heteroatoms. The maximum absolute atomic E-state index is 11.6. The van der Waals surface area contributed by atoms with Crippen LogP contribution in [0.5, 0.6) is 0 Å². The highest BCUT2D eigenvalue weighted by Gasteiger charge is 2.17. The van der Waals surface area contributed by atoms with Crippen molar-refractivity contribution in [2.24, 2.45) is 11.1 Å². The van der Waals surface area contributed by atoms with E-state index in [1.54, 1.807) is 18.2 Å². The van der Waals surface area contributed by atoms with Crippen molar-refractivity contribution in [2.45, 2.75) is 31.2 Å². The molecule has 114 valence electrons. The highest BCUT2D eigenvalue weighted by atomic mass is 32.2. The zero-order valence-corrected chi connectivity index (χ0v) is 13.4. The molecule has 0 aliphatic carbocycles. The fourth-order valence-corrected chi connectivity index (χ4v) is 2.94. The first-order valence-electron chi connectivity index (χ1n) is 6.73. The van der Waals surface area contributed by atoms with Gasteiger partial charge in [-0.3, -0.25) is 0 Å². The third kappa shape index (κ3) is 5.48. The van der Waals surface area contributed by atoms with E-state index in [1.807, 2.05) is 14.1 Å². The van der Waals surface area contributed by atoms with E-state index in [-0.39, 0.29) is 10.9 Å². The number of primary sulfonamides is 1. The van der Waals surface area contributed by atoms with Gasteiger partial charge < -0.3 is 10.2 Å². The molecule has 0 amide bonds. The molecule has 0 saturated heterocycles. The maximum Gasteiger partial charge on any atom is 0.240 e. The highest BCUT2D eigenvalue weighted by molar-refractivity contribution is 7.89. The minimum Gasteiger partial charge on any atom is -0.380 e. The molecule has 0 aliphatic rings. The molecule has 1 aromatic carbocycles. The van der Waals surface area contributed by atoms with E-state index >= 15 is 0 Å². The van der Waals surface area contributed by atoms with Crippen LogP contribution in [-0.2, 0) is 10.0 Å². The van der Waals surface area contributed by atoms with E-state index in [1.165, 1.54) is 6.07 Å². The van der Waals surface area contributed by atoms with Crippen molar-refractivity contribution >= 4 is 15.7 Å². The summed E-state index contributed by atoms with van der Waals surface area (Å²) in [6.45, 7) is 5.13. The summed E-state index contributed by atoms with van der Waals surface area (Å²) in [5.41, 5.74) is 0.572. The van der Waals surface area contributed by atoms with E-state index in [4.69, 9.17) is 5.14 Å². The molecular formula is C14H25N3O2S. The number of sulfonamides is 1. The fourth-order valence-electron chi connectivity index (χ4n) is 2.24. The number of nitrogens with zero attached hydrogens (tertiary/aromatic N) is 1. The first-order valence-corrected chi connectivity index (χ1v) is 8.28. The summed E-state index contributed by atoms with van der Waals surface area (Å²) in [6.07, 6.45) is 0.955. The second-order valence-corrected chi connectivity index (χ2v) is 7.30. The zero-order valence-electron chi connectivity index (χ0n) is 12.6. The molecule has 1 unspecified atom stereocenters. The average Bonchev–Trinajstić information content (AvgIpc) is 2.26. The standard InChI is InChI=1S/C14H25N3O2S/c1-11(2)9-12(10-17(3)4)16-13-7-5-6-8-14(13)20(15,18)19/h5-8,11-12,16H,9-10H2,1-4H3,(H2,15,18,19). The summed E-state index contributed by atoms with van der Waals surface area (Å²) in [6, 6.07) is 6.93. The lowest BCUT2D eigenvalue weighted by Crippen LogP contribution is -2.34. The molecular weight excluding hydrogens is 274 g/mol. The van der Waals surface area contributed by atoms with Gasteiger partial charge in [-0.15, -0.1) is 0 Å². The van der Waals surface area contributed by atoms with Crippen molar-refractivity contribution in [3.05, 3.63) is 24.3 Å². The number of benzene rings is 1. The largest absolute Gasteiger partial charge is 0.380 e. The Morgan fingerprint density at radius 1 is 1.25 bits per heavy atom. The number of nitrogens with one attached hydrogen (secondary N) is 1. The predicted molar refractivity (Wildman–Crippen MR) is 83.2 cm³/mol. The number of para-hydroxylation sites is 1. The Bertz CT molecular complexity index is 517. The minimum absolute atomic E-state index is 0.146. The predicted octanol–water partition coefficient (Wildman–Crippen LogP) is 1.72. The Balaban J connectivity index is 2.99. The third-order valence-electron chi connectivity index (χ3n) is 2.89. The van der Waals surface area contributed by atoms with Crippen LogP contribution in [0.15, 0.2) is 29.2 Å². The van der Waals surface area contributed by atoms with Crippen LogP contribution in [0.1, 0.15) is 20.3 Å². The Morgan fingerprint density at radius 2 is 1.85 bits per heavy atom. The molecule has 0 fully saturated rings. The molecule has 1 rings (SSSR count). The van der Waals surface area contributed by atoms with Gasteiger partial charge in [-0.1, -0.05) is 26.0 Å². The minimum atomic E-state index is -3.71. The number of rotatable bonds is 7. The van der Waals surface area contributed by atoms with Crippen molar-refractivity contribution in [1.82, 2.24) is 4.90 Å². The van der Waals surface area contributed by atoms with Gasteiger partial charge in [0.25, 0.3) is 0 Å². The number of anilines is 1. The second-order valence-electron chi connectivity index (χ2n) is 5.77. The Labute approximate surface area is 122 Å². The Morgan fingerprint density at radius 3 is 2.35 bits per heavy atom. The van der Waals surface area contributed by atoms with Gasteiger partial charge in [-0.2, -0.15) is 0 Å². The van der Waals surface area contributed by atoms with Crippen molar-refractivity contribution in [3.8, 4) is 0 Å². The summed E-state index contributed by atoms with van der Waals surface area (Å²) >= 11 is 0. The van der Waals surface area contributed by atoms with Gasteiger partial charge in [0.15, 0.2) is 0 Å². The van der Waals surface area contributed by atoms with E-state index < -0.39 is 10.0 Å². The normalized spacial score (nSPS) is 13.8. The van der Waals surface area contributed by atoms with Crippen LogP contribution in [0.25, 0.3) is 0 Å². The lowest BCUT2D eigenvalue weighted by atomic mass is 10.0. The molecule has 0 spiro atoms. The van der Waals surface area contributed by atoms with Crippen LogP contribution in [0.4, 0.5) is 5.69 Å². The molecule has 0 aliphatic heterocycles. The Hall–Kier alpha value is -1.11. The number of nitrogens with two attached hydrogens (primary N) is 1. The molecule has 0 bridgehead atoms. The van der Waals surface area contributed by atoms with Gasteiger partial charge in [0.1, 0.15) is 4.90 Å². The lowest BCUT2D eigenvalue weighted by Gasteiger charge is -2.25. The summed E-state index contributed by atoms with van der Waals surface area (Å²) in [5.74, 6) is 0.522. The molecule has 0 aromatic heterocycles. The van der Waals surface area contributed by atoms with Crippen molar-refractivity contribution < 1.29 is 8.42 Å². The van der Waals surface area contributed by atoms with Crippen molar-refractivity contribution in [1.29, 1.82) is 0 Å². The summed E-state index contributed by atoms with van der Waals surface area (Å²) in [7, 11) is 0.289. The van der Waals surface area contributed by atoms with Crippen LogP contribution in [0.3, 0.4) is 0 Å². The quantitative estimate of drug-likeness (QED) is 0.804. The van der Waals surface area contributed by atoms with Crippen LogP contribution in [0.2, 0.25) is 0 Å². The van der Waals surface area contributed by atoms with Crippen molar-refractivity contribution in [3.63, 3.8) is 0 Å². The topological polar surface area (TPSA) is 75.4 Å². The zero-order chi connectivity index (χ0) is 15.3. The number of likely N-dealkylation sites (N-methyl/N-ethyl adjacent to an activating group) is 1. The summed E-state index contributed by atoms with van der Waals surface area (Å²) < 4.78 is 23.2. The van der Waals surface area contributed by atoms with Gasteiger partial charge in [0, 0.05) is 12.6 Å². The number of hydrogen-bond donors (Lipinski definition) is 2. The first kappa shape index (κ1) is 16.9. The SMILES string of the molecule is CC(C)CC(CN(C)C)Nc1ccccc1S(N)(=O)=O. The van der Waals surface area contributed by atoms with Gasteiger partial charge in [0.05, 0.1) is 5.69 Å². The van der Waals surface area contributed by atoms with E-state index in [0.717, 1.165) is 13.0 Å². The molecule has 0 saturated carbocycles. The molecule has 0 radical (unpaired) electrons. The van der Waals surface area contributed by atoms with Crippen LogP contribution < -0.4 is 10.5 Å². The van der Waals surface area contributed by atoms with E-state index in [9.17, 15) is 8.42 Å². The summed E-state index contributed by atoms with van der Waals surface area (Å²) in [4.78, 5) is 2.23. The fraction of sp³-hybridized carbons (Fsp3) is 0.571. The highest BCUT2D eigenvalue weighted by Crippen LogP contribution is 2.21. The summed E-state index contributed by atoms with van der Waals surface area (Å²) in [5, 5.41) is 8.57. The molecule has 20 heavy (non-hydrogen) atoms. The molecule has 0 heterocycles. The van der Waals surface area contributed by atoms with Gasteiger partial charge >= 0.3 is 0 Å². The average molecular weight is 299 g/mol. The van der Waals surface area contributed by atoms with Crippen LogP contribution in [-0.4, -0.2) is 40.0 Å². The molecule has 3 N–H and O–H groups in total. The van der Waals surface area contributed by atoms with Gasteiger partial charge in [-0.25, -0.2) is 13.6 Å². The van der Waals surface area contributed by atoms with Crippen molar-refractivity contribution in [2.75, 3.05) is 26.0 Å². The monoisotopic (exact) mass is 299 g/mol. The van der Waals surface area contributed by atoms with E-state index in [2.05, 4.69) is 24.1 Å². The molecule has 1 aromatic rings. The molecule has 5 nitrogen and oxygen atoms in total. The number of hydrogen-bond acceptors (Lipinski definition) is 4. The third-order valence-corrected chi connectivity index (χ3v) is 3.86. The van der Waals surface area contributed by atoms with Gasteiger partial charge in [0.2, 0.25) is 10.0 Å². The van der Waals surface area contributed by atoms with Crippen LogP contribution in [0, 0.1) is 5.92 Å². The smallest absolute Gasteiger partial charge is 0.240 e.